The van der Waals surface area contributed by atoms with E-state index in [0.29, 0.717) is 12.8 Å². The summed E-state index contributed by atoms with van der Waals surface area (Å²) in [6.45, 7) is 4.06. The van der Waals surface area contributed by atoms with Gasteiger partial charge in [-0.1, -0.05) is 18.2 Å². The van der Waals surface area contributed by atoms with Crippen LogP contribution < -0.4 is 0 Å². The molecule has 0 spiro atoms. The number of aryl methyl sites for hydroxylation is 2. The third kappa shape index (κ3) is 3.08. The van der Waals surface area contributed by atoms with E-state index in [2.05, 4.69) is 0 Å². The molecule has 2 atom stereocenters. The average Bonchev–Trinajstić information content (AvgIpc) is 2.64. The van der Waals surface area contributed by atoms with E-state index in [1.165, 1.54) is 11.1 Å². The summed E-state index contributed by atoms with van der Waals surface area (Å²) in [5.74, 6) is -2.84. The number of hydrogen-bond acceptors (Lipinski definition) is 1. The van der Waals surface area contributed by atoms with Crippen molar-refractivity contribution in [1.82, 2.24) is 0 Å². The van der Waals surface area contributed by atoms with Crippen LogP contribution in [0.25, 0.3) is 0 Å². The number of aliphatic hydroxyl groups is 1. The number of rotatable bonds is 3. The van der Waals surface area contributed by atoms with Crippen molar-refractivity contribution in [2.75, 3.05) is 0 Å². The van der Waals surface area contributed by atoms with Crippen LogP contribution in [0.2, 0.25) is 0 Å². The molecule has 2 rings (SSSR count). The summed E-state index contributed by atoms with van der Waals surface area (Å²) in [5.41, 5.74) is 3.41. The van der Waals surface area contributed by atoms with Gasteiger partial charge in [-0.15, -0.1) is 0 Å². The Morgan fingerprint density at radius 3 is 2.61 bits per heavy atom. The summed E-state index contributed by atoms with van der Waals surface area (Å²) in [6, 6.07) is 6.02. The molecule has 1 aromatic rings. The Labute approximate surface area is 107 Å². The topological polar surface area (TPSA) is 20.2 Å². The van der Waals surface area contributed by atoms with Crippen LogP contribution in [0.1, 0.15) is 36.0 Å². The highest BCUT2D eigenvalue weighted by Crippen LogP contribution is 2.40. The lowest BCUT2D eigenvalue weighted by atomic mass is 9.93. The lowest BCUT2D eigenvalue weighted by molar-refractivity contribution is -0.00479. The maximum Gasteiger partial charge on any atom is 0.248 e. The van der Waals surface area contributed by atoms with E-state index in [0.717, 1.165) is 5.56 Å². The zero-order chi connectivity index (χ0) is 13.3. The first-order valence-corrected chi connectivity index (χ1v) is 6.49. The van der Waals surface area contributed by atoms with Crippen molar-refractivity contribution in [3.8, 4) is 0 Å². The molecule has 0 saturated heterocycles. The highest BCUT2D eigenvalue weighted by Gasteiger charge is 2.41. The Balaban J connectivity index is 1.99. The van der Waals surface area contributed by atoms with Gasteiger partial charge in [0, 0.05) is 12.8 Å². The summed E-state index contributed by atoms with van der Waals surface area (Å²) in [6.07, 6.45) is 0.00197. The van der Waals surface area contributed by atoms with Crippen molar-refractivity contribution in [3.63, 3.8) is 0 Å². The average molecular weight is 254 g/mol. The van der Waals surface area contributed by atoms with Gasteiger partial charge in [-0.05, 0) is 49.3 Å². The lowest BCUT2D eigenvalue weighted by Gasteiger charge is -2.18. The smallest absolute Gasteiger partial charge is 0.248 e. The molecule has 0 aromatic heterocycles. The third-order valence-electron chi connectivity index (χ3n) is 4.00. The zero-order valence-corrected chi connectivity index (χ0v) is 10.9. The van der Waals surface area contributed by atoms with E-state index in [1.807, 2.05) is 32.0 Å². The van der Waals surface area contributed by atoms with Gasteiger partial charge in [-0.2, -0.15) is 0 Å². The Morgan fingerprint density at radius 2 is 2.06 bits per heavy atom. The first kappa shape index (κ1) is 13.5. The second kappa shape index (κ2) is 4.96. The fourth-order valence-electron chi connectivity index (χ4n) is 2.65. The lowest BCUT2D eigenvalue weighted by Crippen LogP contribution is -2.22. The number of aliphatic hydroxyl groups excluding tert-OH is 1. The molecule has 2 unspecified atom stereocenters. The Kier molecular flexibility index (Phi) is 3.71. The van der Waals surface area contributed by atoms with Crippen LogP contribution in [-0.2, 0) is 6.42 Å². The summed E-state index contributed by atoms with van der Waals surface area (Å²) < 4.78 is 26.2. The summed E-state index contributed by atoms with van der Waals surface area (Å²) in [7, 11) is 0. The van der Waals surface area contributed by atoms with Gasteiger partial charge in [0.1, 0.15) is 0 Å². The van der Waals surface area contributed by atoms with Crippen molar-refractivity contribution in [2.45, 2.75) is 51.6 Å². The molecule has 1 N–H and O–H groups in total. The van der Waals surface area contributed by atoms with Crippen molar-refractivity contribution < 1.29 is 13.9 Å². The van der Waals surface area contributed by atoms with Gasteiger partial charge in [-0.25, -0.2) is 8.78 Å². The standard InChI is InChI=1S/C15H20F2O/c1-10-3-4-12(7-11(10)2)8-14(18)13-5-6-15(16,17)9-13/h3-4,7,13-14,18H,5-6,8-9H2,1-2H3. The number of hydrogen-bond donors (Lipinski definition) is 1. The molecule has 0 aliphatic heterocycles. The molecule has 1 fully saturated rings. The van der Waals surface area contributed by atoms with E-state index in [4.69, 9.17) is 0 Å². The van der Waals surface area contributed by atoms with Crippen LogP contribution in [-0.4, -0.2) is 17.1 Å². The fourth-order valence-corrected chi connectivity index (χ4v) is 2.65. The molecule has 1 aromatic carbocycles. The van der Waals surface area contributed by atoms with Gasteiger partial charge in [0.05, 0.1) is 6.10 Å². The molecule has 0 heterocycles. The van der Waals surface area contributed by atoms with E-state index < -0.39 is 12.0 Å². The first-order chi connectivity index (χ1) is 8.37. The molecule has 0 amide bonds. The maximum atomic E-state index is 13.1. The van der Waals surface area contributed by atoms with E-state index in [-0.39, 0.29) is 18.8 Å². The molecule has 1 aliphatic carbocycles. The minimum absolute atomic E-state index is 0.0817. The molecular formula is C15H20F2O. The van der Waals surface area contributed by atoms with E-state index in [1.54, 1.807) is 0 Å². The minimum Gasteiger partial charge on any atom is -0.392 e. The predicted molar refractivity (Wildman–Crippen MR) is 67.9 cm³/mol. The molecule has 1 saturated carbocycles. The van der Waals surface area contributed by atoms with E-state index >= 15 is 0 Å². The quantitative estimate of drug-likeness (QED) is 0.873. The van der Waals surface area contributed by atoms with Crippen LogP contribution in [0.15, 0.2) is 18.2 Å². The zero-order valence-electron chi connectivity index (χ0n) is 10.9. The molecule has 100 valence electrons. The van der Waals surface area contributed by atoms with E-state index in [9.17, 15) is 13.9 Å². The van der Waals surface area contributed by atoms with Gasteiger partial charge < -0.3 is 5.11 Å². The largest absolute Gasteiger partial charge is 0.392 e. The van der Waals surface area contributed by atoms with Crippen LogP contribution >= 0.6 is 0 Å². The second-order valence-electron chi connectivity index (χ2n) is 5.55. The van der Waals surface area contributed by atoms with Crippen molar-refractivity contribution in [3.05, 3.63) is 34.9 Å². The molecule has 1 nitrogen and oxygen atoms in total. The van der Waals surface area contributed by atoms with Crippen molar-refractivity contribution >= 4 is 0 Å². The van der Waals surface area contributed by atoms with Gasteiger partial charge in [0.25, 0.3) is 0 Å². The maximum absolute atomic E-state index is 13.1. The van der Waals surface area contributed by atoms with Crippen molar-refractivity contribution in [1.29, 1.82) is 0 Å². The fraction of sp³-hybridized carbons (Fsp3) is 0.600. The van der Waals surface area contributed by atoms with Crippen molar-refractivity contribution in [2.24, 2.45) is 5.92 Å². The summed E-state index contributed by atoms with van der Waals surface area (Å²) in [4.78, 5) is 0. The third-order valence-corrected chi connectivity index (χ3v) is 4.00. The SMILES string of the molecule is Cc1ccc(CC(O)C2CCC(F)(F)C2)cc1C. The number of benzene rings is 1. The molecule has 1 aliphatic rings. The van der Waals surface area contributed by atoms with Crippen LogP contribution in [0.4, 0.5) is 8.78 Å². The Hall–Kier alpha value is -0.960. The minimum atomic E-state index is -2.57. The molecule has 3 heteroatoms. The monoisotopic (exact) mass is 254 g/mol. The Bertz CT molecular complexity index is 429. The van der Waals surface area contributed by atoms with Crippen LogP contribution in [0.5, 0.6) is 0 Å². The highest BCUT2D eigenvalue weighted by molar-refractivity contribution is 5.30. The van der Waals surface area contributed by atoms with Crippen LogP contribution in [0, 0.1) is 19.8 Å². The first-order valence-electron chi connectivity index (χ1n) is 6.49. The van der Waals surface area contributed by atoms with Gasteiger partial charge in [-0.3, -0.25) is 0 Å². The Morgan fingerprint density at radius 1 is 1.33 bits per heavy atom. The van der Waals surface area contributed by atoms with Gasteiger partial charge in [0.15, 0.2) is 0 Å². The molecular weight excluding hydrogens is 234 g/mol. The summed E-state index contributed by atoms with van der Waals surface area (Å²) in [5, 5.41) is 10.1. The molecule has 0 radical (unpaired) electrons. The predicted octanol–water partition coefficient (Wildman–Crippen LogP) is 3.64. The molecule has 18 heavy (non-hydrogen) atoms. The number of halogens is 2. The van der Waals surface area contributed by atoms with Gasteiger partial charge in [0.2, 0.25) is 5.92 Å². The number of alkyl halides is 2. The van der Waals surface area contributed by atoms with Gasteiger partial charge >= 0.3 is 0 Å². The normalized spacial score (nSPS) is 24.2. The second-order valence-corrected chi connectivity index (χ2v) is 5.55. The van der Waals surface area contributed by atoms with Crippen LogP contribution in [0.3, 0.4) is 0 Å². The molecule has 0 bridgehead atoms. The highest BCUT2D eigenvalue weighted by atomic mass is 19.3. The summed E-state index contributed by atoms with van der Waals surface area (Å²) >= 11 is 0.